The zero-order valence-electron chi connectivity index (χ0n) is 14.8. The lowest BCUT2D eigenvalue weighted by molar-refractivity contribution is -0.384. The van der Waals surface area contributed by atoms with Gasteiger partial charge < -0.3 is 4.90 Å². The van der Waals surface area contributed by atoms with Crippen molar-refractivity contribution in [2.24, 2.45) is 5.41 Å². The molecule has 1 N–H and O–H groups in total. The van der Waals surface area contributed by atoms with Gasteiger partial charge in [0.2, 0.25) is 11.8 Å². The smallest absolute Gasteiger partial charge is 0.330 e. The van der Waals surface area contributed by atoms with Crippen LogP contribution in [0.5, 0.6) is 0 Å². The number of non-ortho nitro benzene ring substituents is 1. The summed E-state index contributed by atoms with van der Waals surface area (Å²) in [5.41, 5.74) is -0.301. The van der Waals surface area contributed by atoms with Crippen LogP contribution in [0, 0.1) is 15.5 Å². The van der Waals surface area contributed by atoms with E-state index in [0.717, 1.165) is 17.0 Å². The molecule has 1 fully saturated rings. The number of hydrogen-bond donors (Lipinski definition) is 1. The van der Waals surface area contributed by atoms with Crippen LogP contribution in [0.3, 0.4) is 0 Å². The second-order valence-electron chi connectivity index (χ2n) is 6.76. The zero-order chi connectivity index (χ0) is 19.2. The van der Waals surface area contributed by atoms with E-state index in [2.05, 4.69) is 5.32 Å². The number of urea groups is 1. The number of nitro groups is 1. The highest BCUT2D eigenvalue weighted by atomic mass is 16.6. The number of nitro benzene ring substituents is 1. The monoisotopic (exact) mass is 360 g/mol. The molecule has 1 saturated heterocycles. The number of fused-ring (bicyclic) bond motifs is 1. The number of anilines is 1. The van der Waals surface area contributed by atoms with Gasteiger partial charge in [-0.1, -0.05) is 13.3 Å². The van der Waals surface area contributed by atoms with Gasteiger partial charge in [0.15, 0.2) is 5.41 Å². The summed E-state index contributed by atoms with van der Waals surface area (Å²) < 4.78 is 0. The lowest BCUT2D eigenvalue weighted by Gasteiger charge is -2.50. The first kappa shape index (κ1) is 17.8. The number of nitrogens with one attached hydrogen (secondary N) is 1. The number of barbiturate groups is 1. The van der Waals surface area contributed by atoms with Crippen LogP contribution in [-0.4, -0.2) is 47.8 Å². The van der Waals surface area contributed by atoms with Gasteiger partial charge in [0, 0.05) is 38.3 Å². The summed E-state index contributed by atoms with van der Waals surface area (Å²) in [6, 6.07) is 3.24. The molecule has 0 saturated carbocycles. The molecule has 2 heterocycles. The van der Waals surface area contributed by atoms with Gasteiger partial charge in [-0.25, -0.2) is 4.79 Å². The maximum absolute atomic E-state index is 13.1. The van der Waals surface area contributed by atoms with Gasteiger partial charge in [-0.15, -0.1) is 0 Å². The van der Waals surface area contributed by atoms with Crippen molar-refractivity contribution in [1.29, 1.82) is 0 Å². The first-order valence-corrected chi connectivity index (χ1v) is 8.37. The minimum Gasteiger partial charge on any atom is -0.370 e. The topological polar surface area (TPSA) is 113 Å². The van der Waals surface area contributed by atoms with Crippen molar-refractivity contribution in [3.05, 3.63) is 33.9 Å². The molecular formula is C17H20N4O5. The molecule has 0 bridgehead atoms. The van der Waals surface area contributed by atoms with Crippen LogP contribution >= 0.6 is 0 Å². The minimum atomic E-state index is -1.49. The molecule has 26 heavy (non-hydrogen) atoms. The van der Waals surface area contributed by atoms with Crippen LogP contribution in [0.2, 0.25) is 0 Å². The lowest BCUT2D eigenvalue weighted by Crippen LogP contribution is -2.71. The van der Waals surface area contributed by atoms with Gasteiger partial charge >= 0.3 is 6.03 Å². The Hall–Kier alpha value is -2.97. The molecule has 1 spiro atoms. The Morgan fingerprint density at radius 3 is 2.62 bits per heavy atom. The van der Waals surface area contributed by atoms with Crippen LogP contribution in [0.15, 0.2) is 18.2 Å². The molecule has 0 aliphatic carbocycles. The highest BCUT2D eigenvalue weighted by Gasteiger charge is 2.60. The van der Waals surface area contributed by atoms with Crippen LogP contribution in [0.4, 0.5) is 16.2 Å². The zero-order valence-corrected chi connectivity index (χ0v) is 14.8. The highest BCUT2D eigenvalue weighted by molar-refractivity contribution is 6.20. The molecule has 2 aliphatic heterocycles. The average molecular weight is 360 g/mol. The van der Waals surface area contributed by atoms with Gasteiger partial charge in [-0.05, 0) is 18.1 Å². The quantitative estimate of drug-likeness (QED) is 0.496. The molecule has 0 radical (unpaired) electrons. The normalized spacial score (nSPS) is 25.3. The second kappa shape index (κ2) is 6.08. The largest absolute Gasteiger partial charge is 0.370 e. The third-order valence-electron chi connectivity index (χ3n) is 5.34. The van der Waals surface area contributed by atoms with Gasteiger partial charge in [0.05, 0.1) is 11.0 Å². The van der Waals surface area contributed by atoms with Crippen molar-refractivity contribution in [1.82, 2.24) is 10.2 Å². The molecule has 9 nitrogen and oxygen atoms in total. The van der Waals surface area contributed by atoms with Crippen LogP contribution in [-0.2, 0) is 16.0 Å². The van der Waals surface area contributed by atoms with Gasteiger partial charge in [0.1, 0.15) is 0 Å². The summed E-state index contributed by atoms with van der Waals surface area (Å²) in [6.07, 6.45) is 1.31. The maximum atomic E-state index is 13.1. The van der Waals surface area contributed by atoms with E-state index >= 15 is 0 Å². The summed E-state index contributed by atoms with van der Waals surface area (Å²) in [7, 11) is 3.10. The summed E-state index contributed by atoms with van der Waals surface area (Å²) in [6.45, 7) is 1.95. The van der Waals surface area contributed by atoms with Crippen LogP contribution < -0.4 is 10.2 Å². The Bertz CT molecular complexity index is 823. The molecule has 3 rings (SSSR count). The Labute approximate surface area is 150 Å². The number of carbonyl (C=O) groups is 3. The molecule has 1 aromatic carbocycles. The van der Waals surface area contributed by atoms with Crippen molar-refractivity contribution in [3.8, 4) is 0 Å². The highest BCUT2D eigenvalue weighted by Crippen LogP contribution is 2.45. The molecule has 0 unspecified atom stereocenters. The summed E-state index contributed by atoms with van der Waals surface area (Å²) in [5, 5.41) is 13.4. The molecule has 138 valence electrons. The fourth-order valence-corrected chi connectivity index (χ4v) is 4.03. The van der Waals surface area contributed by atoms with E-state index in [1.54, 1.807) is 13.1 Å². The Morgan fingerprint density at radius 2 is 2.00 bits per heavy atom. The molecule has 1 aromatic rings. The number of hydrogen-bond acceptors (Lipinski definition) is 6. The van der Waals surface area contributed by atoms with Crippen molar-refractivity contribution in [3.63, 3.8) is 0 Å². The van der Waals surface area contributed by atoms with Gasteiger partial charge in [-0.3, -0.25) is 29.9 Å². The van der Waals surface area contributed by atoms with Gasteiger partial charge in [0.25, 0.3) is 5.69 Å². The summed E-state index contributed by atoms with van der Waals surface area (Å²) >= 11 is 0. The molecule has 9 heteroatoms. The number of imide groups is 2. The number of rotatable bonds is 3. The molecular weight excluding hydrogens is 340 g/mol. The summed E-state index contributed by atoms with van der Waals surface area (Å²) in [4.78, 5) is 51.1. The van der Waals surface area contributed by atoms with Crippen LogP contribution in [0.25, 0.3) is 0 Å². The molecule has 0 aromatic heterocycles. The lowest BCUT2D eigenvalue weighted by atomic mass is 9.67. The summed E-state index contributed by atoms with van der Waals surface area (Å²) in [5.74, 6) is -1.22. The SMILES string of the molecule is CCC[C@@H]1N(C)c2ccc([N+](=O)[O-])cc2C[C@@]12C(=O)NC(=O)N(C)C2=O. The van der Waals surface area contributed by atoms with E-state index < -0.39 is 34.2 Å². The number of nitrogens with zero attached hydrogens (tertiary/aromatic N) is 3. The molecule has 4 amide bonds. The van der Waals surface area contributed by atoms with E-state index in [9.17, 15) is 24.5 Å². The maximum Gasteiger partial charge on any atom is 0.330 e. The first-order chi connectivity index (χ1) is 12.2. The number of carbonyl (C=O) groups excluding carboxylic acids is 3. The predicted octanol–water partition coefficient (Wildman–Crippen LogP) is 1.45. The van der Waals surface area contributed by atoms with Crippen molar-refractivity contribution >= 4 is 29.2 Å². The Kier molecular flexibility index (Phi) is 4.17. The van der Waals surface area contributed by atoms with Gasteiger partial charge in [-0.2, -0.15) is 0 Å². The first-order valence-electron chi connectivity index (χ1n) is 8.37. The Balaban J connectivity index is 2.19. The minimum absolute atomic E-state index is 0.0152. The third kappa shape index (κ3) is 2.34. The van der Waals surface area contributed by atoms with Crippen LogP contribution in [0.1, 0.15) is 25.3 Å². The number of amides is 4. The van der Waals surface area contributed by atoms with E-state index in [1.165, 1.54) is 19.2 Å². The average Bonchev–Trinajstić information content (AvgIpc) is 2.60. The van der Waals surface area contributed by atoms with Crippen molar-refractivity contribution < 1.29 is 19.3 Å². The number of benzene rings is 1. The van der Waals surface area contributed by atoms with E-state index in [-0.39, 0.29) is 12.1 Å². The molecule has 2 atom stereocenters. The van der Waals surface area contributed by atoms with Crippen molar-refractivity contribution in [2.75, 3.05) is 19.0 Å². The van der Waals surface area contributed by atoms with E-state index in [4.69, 9.17) is 0 Å². The van der Waals surface area contributed by atoms with Crippen molar-refractivity contribution in [2.45, 2.75) is 32.2 Å². The third-order valence-corrected chi connectivity index (χ3v) is 5.34. The molecule has 2 aliphatic rings. The fourth-order valence-electron chi connectivity index (χ4n) is 4.03. The predicted molar refractivity (Wildman–Crippen MR) is 92.6 cm³/mol. The standard InChI is InChI=1S/C17H20N4O5/c1-4-5-13-17(14(22)18-16(24)20(3)15(17)23)9-10-8-11(21(25)26)6-7-12(10)19(13)2/h6-8,13H,4-5,9H2,1-3H3,(H,18,22,24)/t13-,17-/m0/s1. The van der Waals surface area contributed by atoms with E-state index in [0.29, 0.717) is 12.0 Å². The Morgan fingerprint density at radius 1 is 1.31 bits per heavy atom. The van der Waals surface area contributed by atoms with E-state index in [1.807, 2.05) is 11.8 Å². The second-order valence-corrected chi connectivity index (χ2v) is 6.76. The fraction of sp³-hybridized carbons (Fsp3) is 0.471.